The third kappa shape index (κ3) is 1.86. The summed E-state index contributed by atoms with van der Waals surface area (Å²) in [7, 11) is 1.82. The molecule has 0 N–H and O–H groups in total. The highest BCUT2D eigenvalue weighted by molar-refractivity contribution is 8.01. The first-order chi connectivity index (χ1) is 7.22. The fourth-order valence-electron chi connectivity index (χ4n) is 1.17. The Hall–Kier alpha value is -1.39. The Morgan fingerprint density at radius 3 is 3.00 bits per heavy atom. The fraction of sp³-hybridized carbons (Fsp3) is 0.250. The molecular weight excluding hydrogens is 230 g/mol. The number of aromatic nitrogens is 4. The number of aryl methyl sites for hydroxylation is 2. The Labute approximate surface area is 94.8 Å². The molecule has 0 spiro atoms. The molecule has 2 rings (SSSR count). The molecule has 0 amide bonds. The molecule has 7 heteroatoms. The van der Waals surface area contributed by atoms with Gasteiger partial charge in [-0.15, -0.1) is 10.2 Å². The summed E-state index contributed by atoms with van der Waals surface area (Å²) in [6.45, 7) is 1.82. The van der Waals surface area contributed by atoms with Gasteiger partial charge >= 0.3 is 0 Å². The fourth-order valence-corrected chi connectivity index (χ4v) is 2.73. The van der Waals surface area contributed by atoms with Crippen LogP contribution in [-0.2, 0) is 7.05 Å². The van der Waals surface area contributed by atoms with E-state index in [2.05, 4.69) is 21.4 Å². The summed E-state index contributed by atoms with van der Waals surface area (Å²) in [6.07, 6.45) is 0. The monoisotopic (exact) mass is 237 g/mol. The molecule has 0 aliphatic rings. The van der Waals surface area contributed by atoms with Crippen molar-refractivity contribution in [1.29, 1.82) is 5.26 Å². The largest absolute Gasteiger partial charge is 0.260 e. The van der Waals surface area contributed by atoms with Crippen molar-refractivity contribution in [2.45, 2.75) is 16.3 Å². The Bertz CT molecular complexity index is 508. The van der Waals surface area contributed by atoms with Crippen LogP contribution in [0.2, 0.25) is 0 Å². The first-order valence-electron chi connectivity index (χ1n) is 4.10. The summed E-state index contributed by atoms with van der Waals surface area (Å²) >= 11 is 2.86. The van der Waals surface area contributed by atoms with E-state index < -0.39 is 0 Å². The zero-order valence-corrected chi connectivity index (χ0v) is 9.76. The lowest BCUT2D eigenvalue weighted by molar-refractivity contribution is 0.691. The van der Waals surface area contributed by atoms with Gasteiger partial charge < -0.3 is 0 Å². The van der Waals surface area contributed by atoms with Crippen molar-refractivity contribution < 1.29 is 0 Å². The summed E-state index contributed by atoms with van der Waals surface area (Å²) in [5, 5.41) is 21.7. The number of rotatable bonds is 2. The van der Waals surface area contributed by atoms with Gasteiger partial charge in [0, 0.05) is 7.05 Å². The molecule has 0 radical (unpaired) electrons. The van der Waals surface area contributed by atoms with E-state index in [1.54, 1.807) is 10.2 Å². The van der Waals surface area contributed by atoms with Gasteiger partial charge in [0.15, 0.2) is 4.34 Å². The molecule has 2 heterocycles. The SMILES string of the molecule is Cc1nn(C)c(Sc2nncs2)c1C#N. The minimum Gasteiger partial charge on any atom is -0.260 e. The predicted molar refractivity (Wildman–Crippen MR) is 56.7 cm³/mol. The van der Waals surface area contributed by atoms with E-state index in [1.807, 2.05) is 14.0 Å². The zero-order chi connectivity index (χ0) is 10.8. The molecule has 5 nitrogen and oxygen atoms in total. The van der Waals surface area contributed by atoms with E-state index in [9.17, 15) is 0 Å². The average Bonchev–Trinajstić information content (AvgIpc) is 2.77. The second-order valence-corrected chi connectivity index (χ2v) is 4.88. The van der Waals surface area contributed by atoms with Crippen LogP contribution in [0.25, 0.3) is 0 Å². The first kappa shape index (κ1) is 10.1. The predicted octanol–water partition coefficient (Wildman–Crippen LogP) is 1.60. The molecule has 0 atom stereocenters. The van der Waals surface area contributed by atoms with Crippen LogP contribution >= 0.6 is 23.1 Å². The molecule has 0 fully saturated rings. The Morgan fingerprint density at radius 1 is 1.60 bits per heavy atom. The smallest absolute Gasteiger partial charge is 0.180 e. The van der Waals surface area contributed by atoms with Crippen molar-refractivity contribution in [3.05, 3.63) is 16.8 Å². The van der Waals surface area contributed by atoms with Gasteiger partial charge in [-0.05, 0) is 18.7 Å². The highest BCUT2D eigenvalue weighted by Gasteiger charge is 2.15. The summed E-state index contributed by atoms with van der Waals surface area (Å²) in [4.78, 5) is 0. The normalized spacial score (nSPS) is 10.2. The van der Waals surface area contributed by atoms with Gasteiger partial charge in [-0.3, -0.25) is 4.68 Å². The molecule has 2 aromatic heterocycles. The average molecular weight is 237 g/mol. The maximum atomic E-state index is 8.99. The third-order valence-electron chi connectivity index (χ3n) is 1.81. The number of nitrogens with zero attached hydrogens (tertiary/aromatic N) is 5. The number of nitriles is 1. The lowest BCUT2D eigenvalue weighted by atomic mass is 10.3. The quantitative estimate of drug-likeness (QED) is 0.793. The second kappa shape index (κ2) is 4.00. The molecule has 0 aliphatic carbocycles. The van der Waals surface area contributed by atoms with Gasteiger partial charge in [0.2, 0.25) is 0 Å². The summed E-state index contributed by atoms with van der Waals surface area (Å²) in [5.74, 6) is 0. The minimum atomic E-state index is 0.609. The Kier molecular flexibility index (Phi) is 2.70. The number of hydrogen-bond acceptors (Lipinski definition) is 6. The molecule has 0 aliphatic heterocycles. The molecule has 15 heavy (non-hydrogen) atoms. The maximum absolute atomic E-state index is 8.99. The van der Waals surface area contributed by atoms with Crippen molar-refractivity contribution in [3.8, 4) is 6.07 Å². The van der Waals surface area contributed by atoms with E-state index >= 15 is 0 Å². The Morgan fingerprint density at radius 2 is 2.40 bits per heavy atom. The molecule has 76 valence electrons. The van der Waals surface area contributed by atoms with Crippen LogP contribution in [0.1, 0.15) is 11.3 Å². The Balaban J connectivity index is 2.40. The van der Waals surface area contributed by atoms with Crippen LogP contribution in [0.15, 0.2) is 14.9 Å². The molecule has 0 aromatic carbocycles. The van der Waals surface area contributed by atoms with Crippen LogP contribution in [0, 0.1) is 18.3 Å². The van der Waals surface area contributed by atoms with Gasteiger partial charge in [-0.1, -0.05) is 11.3 Å². The number of hydrogen-bond donors (Lipinski definition) is 0. The van der Waals surface area contributed by atoms with Crippen LogP contribution in [-0.4, -0.2) is 20.0 Å². The van der Waals surface area contributed by atoms with Crippen molar-refractivity contribution in [2.75, 3.05) is 0 Å². The van der Waals surface area contributed by atoms with Crippen LogP contribution in [0.5, 0.6) is 0 Å². The second-order valence-electron chi connectivity index (χ2n) is 2.81. The van der Waals surface area contributed by atoms with Crippen molar-refractivity contribution in [1.82, 2.24) is 20.0 Å². The molecule has 0 unspecified atom stereocenters. The van der Waals surface area contributed by atoms with E-state index in [1.165, 1.54) is 23.1 Å². The molecule has 0 saturated carbocycles. The van der Waals surface area contributed by atoms with Crippen LogP contribution < -0.4 is 0 Å². The molecule has 0 bridgehead atoms. The van der Waals surface area contributed by atoms with Crippen molar-refractivity contribution in [2.24, 2.45) is 7.05 Å². The summed E-state index contributed by atoms with van der Waals surface area (Å²) < 4.78 is 2.51. The van der Waals surface area contributed by atoms with Gasteiger partial charge in [0.05, 0.1) is 5.69 Å². The topological polar surface area (TPSA) is 67.4 Å². The molecular formula is C8H7N5S2. The molecule has 2 aromatic rings. The third-order valence-corrected chi connectivity index (χ3v) is 3.75. The zero-order valence-electron chi connectivity index (χ0n) is 8.13. The van der Waals surface area contributed by atoms with Gasteiger partial charge in [0.1, 0.15) is 22.2 Å². The van der Waals surface area contributed by atoms with E-state index in [4.69, 9.17) is 5.26 Å². The lowest BCUT2D eigenvalue weighted by Gasteiger charge is -1.97. The van der Waals surface area contributed by atoms with Gasteiger partial charge in [0.25, 0.3) is 0 Å². The molecule has 0 saturated heterocycles. The van der Waals surface area contributed by atoms with Crippen molar-refractivity contribution >= 4 is 23.1 Å². The first-order valence-corrected chi connectivity index (χ1v) is 5.79. The van der Waals surface area contributed by atoms with E-state index in [-0.39, 0.29) is 0 Å². The standard InChI is InChI=1S/C8H7N5S2/c1-5-6(3-9)7(13(2)12-5)15-8-11-10-4-14-8/h4H,1-2H3. The summed E-state index contributed by atoms with van der Waals surface area (Å²) in [6, 6.07) is 2.15. The minimum absolute atomic E-state index is 0.609. The van der Waals surface area contributed by atoms with Crippen LogP contribution in [0.4, 0.5) is 0 Å². The highest BCUT2D eigenvalue weighted by Crippen LogP contribution is 2.31. The summed E-state index contributed by atoms with van der Waals surface area (Å²) in [5.41, 5.74) is 3.02. The van der Waals surface area contributed by atoms with Crippen molar-refractivity contribution in [3.63, 3.8) is 0 Å². The highest BCUT2D eigenvalue weighted by atomic mass is 32.2. The van der Waals surface area contributed by atoms with Crippen LogP contribution in [0.3, 0.4) is 0 Å². The van der Waals surface area contributed by atoms with Gasteiger partial charge in [-0.2, -0.15) is 10.4 Å². The van der Waals surface area contributed by atoms with E-state index in [0.29, 0.717) is 5.56 Å². The van der Waals surface area contributed by atoms with Gasteiger partial charge in [-0.25, -0.2) is 0 Å². The maximum Gasteiger partial charge on any atom is 0.180 e. The lowest BCUT2D eigenvalue weighted by Crippen LogP contribution is -1.92. The van der Waals surface area contributed by atoms with E-state index in [0.717, 1.165) is 15.1 Å².